The van der Waals surface area contributed by atoms with Crippen molar-refractivity contribution in [3.8, 4) is 22.9 Å². The van der Waals surface area contributed by atoms with Crippen molar-refractivity contribution in [2.45, 2.75) is 49.8 Å². The van der Waals surface area contributed by atoms with Crippen LogP contribution in [0.25, 0.3) is 17.0 Å². The maximum absolute atomic E-state index is 13.0. The van der Waals surface area contributed by atoms with Crippen molar-refractivity contribution in [2.24, 2.45) is 0 Å². The standard InChI is InChI=1S/C27H29N5O4S/c1-16(25(33)28-18-7-6-8-20(13-18)35-5)37-26-31-30-24-21-15-36-27(2,3)14-22(21)29-23(32(24)26)17-9-11-19(34-4)12-10-17/h6-13,16H,14-15H2,1-5H3,(H,28,33)/t16-/m0/s1. The minimum Gasteiger partial charge on any atom is -0.497 e. The highest BCUT2D eigenvalue weighted by Crippen LogP contribution is 2.35. The summed E-state index contributed by atoms with van der Waals surface area (Å²) in [5.74, 6) is 1.99. The fourth-order valence-corrected chi connectivity index (χ4v) is 5.06. The molecular formula is C27H29N5O4S. The zero-order valence-corrected chi connectivity index (χ0v) is 22.3. The normalized spacial score (nSPS) is 15.2. The number of carbonyl (C=O) groups excluding carboxylic acids is 1. The fraction of sp³-hybridized carbons (Fsp3) is 0.333. The molecule has 1 amide bonds. The molecule has 9 nitrogen and oxygen atoms in total. The number of nitrogens with one attached hydrogen (secondary N) is 1. The second-order valence-electron chi connectivity index (χ2n) is 9.44. The average Bonchev–Trinajstić information content (AvgIpc) is 3.31. The number of rotatable bonds is 7. The average molecular weight is 520 g/mol. The summed E-state index contributed by atoms with van der Waals surface area (Å²) in [6, 6.07) is 15.0. The van der Waals surface area contributed by atoms with E-state index in [2.05, 4.69) is 29.4 Å². The molecule has 1 atom stereocenters. The van der Waals surface area contributed by atoms with Crippen molar-refractivity contribution in [1.29, 1.82) is 0 Å². The zero-order valence-electron chi connectivity index (χ0n) is 21.4. The van der Waals surface area contributed by atoms with Gasteiger partial charge in [-0.2, -0.15) is 0 Å². The van der Waals surface area contributed by atoms with E-state index in [4.69, 9.17) is 19.2 Å². The summed E-state index contributed by atoms with van der Waals surface area (Å²) < 4.78 is 18.6. The van der Waals surface area contributed by atoms with Gasteiger partial charge in [0.2, 0.25) is 5.91 Å². The number of aromatic nitrogens is 4. The number of benzene rings is 2. The highest BCUT2D eigenvalue weighted by atomic mass is 32.2. The van der Waals surface area contributed by atoms with Crippen molar-refractivity contribution in [3.05, 3.63) is 59.8 Å². The van der Waals surface area contributed by atoms with E-state index in [1.807, 2.05) is 53.8 Å². The molecule has 1 aliphatic heterocycles. The smallest absolute Gasteiger partial charge is 0.237 e. The van der Waals surface area contributed by atoms with Crippen molar-refractivity contribution in [2.75, 3.05) is 19.5 Å². The monoisotopic (exact) mass is 519 g/mol. The van der Waals surface area contributed by atoms with Crippen LogP contribution in [0, 0.1) is 0 Å². The molecule has 0 radical (unpaired) electrons. The highest BCUT2D eigenvalue weighted by Gasteiger charge is 2.31. The Morgan fingerprint density at radius 2 is 1.86 bits per heavy atom. The second kappa shape index (κ2) is 10.0. The lowest BCUT2D eigenvalue weighted by Gasteiger charge is -2.31. The fourth-order valence-electron chi connectivity index (χ4n) is 4.21. The molecule has 0 fully saturated rings. The van der Waals surface area contributed by atoms with Gasteiger partial charge in [0.25, 0.3) is 0 Å². The summed E-state index contributed by atoms with van der Waals surface area (Å²) in [6.45, 7) is 6.35. The van der Waals surface area contributed by atoms with Crippen LogP contribution in [0.2, 0.25) is 0 Å². The first kappa shape index (κ1) is 25.0. The summed E-state index contributed by atoms with van der Waals surface area (Å²) in [5.41, 5.74) is 3.80. The zero-order chi connectivity index (χ0) is 26.2. The highest BCUT2D eigenvalue weighted by molar-refractivity contribution is 8.00. The Balaban J connectivity index is 1.52. The molecule has 2 aromatic heterocycles. The number of fused-ring (bicyclic) bond motifs is 3. The van der Waals surface area contributed by atoms with Crippen LogP contribution in [-0.2, 0) is 22.6 Å². The first-order valence-electron chi connectivity index (χ1n) is 11.9. The number of anilines is 1. The van der Waals surface area contributed by atoms with Crippen LogP contribution in [0.3, 0.4) is 0 Å². The van der Waals surface area contributed by atoms with Gasteiger partial charge in [0.1, 0.15) is 17.3 Å². The number of ether oxygens (including phenoxy) is 3. The Morgan fingerprint density at radius 1 is 1.11 bits per heavy atom. The van der Waals surface area contributed by atoms with Crippen molar-refractivity contribution >= 4 is 29.0 Å². The Hall–Kier alpha value is -3.63. The Kier molecular flexibility index (Phi) is 6.78. The van der Waals surface area contributed by atoms with Crippen molar-refractivity contribution in [1.82, 2.24) is 19.6 Å². The van der Waals surface area contributed by atoms with Crippen LogP contribution in [0.15, 0.2) is 53.7 Å². The van der Waals surface area contributed by atoms with Crippen LogP contribution < -0.4 is 14.8 Å². The van der Waals surface area contributed by atoms with Crippen LogP contribution in [-0.4, -0.2) is 50.6 Å². The summed E-state index contributed by atoms with van der Waals surface area (Å²) in [7, 11) is 3.23. The lowest BCUT2D eigenvalue weighted by molar-refractivity contribution is -0.115. The Morgan fingerprint density at radius 3 is 2.59 bits per heavy atom. The number of nitrogens with zero attached hydrogens (tertiary/aromatic N) is 4. The lowest BCUT2D eigenvalue weighted by atomic mass is 9.96. The maximum atomic E-state index is 13.0. The summed E-state index contributed by atoms with van der Waals surface area (Å²) in [6.07, 6.45) is 0.663. The maximum Gasteiger partial charge on any atom is 0.237 e. The van der Waals surface area contributed by atoms with Crippen molar-refractivity contribution in [3.63, 3.8) is 0 Å². The molecule has 10 heteroatoms. The molecule has 37 heavy (non-hydrogen) atoms. The first-order chi connectivity index (χ1) is 17.8. The molecule has 3 heterocycles. The number of hydrogen-bond donors (Lipinski definition) is 1. The van der Waals surface area contributed by atoms with Gasteiger partial charge in [-0.05, 0) is 57.2 Å². The van der Waals surface area contributed by atoms with E-state index in [-0.39, 0.29) is 11.5 Å². The molecule has 0 unspecified atom stereocenters. The van der Waals surface area contributed by atoms with E-state index in [0.717, 1.165) is 22.6 Å². The van der Waals surface area contributed by atoms with E-state index >= 15 is 0 Å². The van der Waals surface area contributed by atoms with Gasteiger partial charge in [-0.25, -0.2) is 4.98 Å². The van der Waals surface area contributed by atoms with E-state index < -0.39 is 5.25 Å². The molecule has 0 aliphatic carbocycles. The minimum atomic E-state index is -0.450. The molecule has 1 aliphatic rings. The quantitative estimate of drug-likeness (QED) is 0.348. The van der Waals surface area contributed by atoms with Gasteiger partial charge in [-0.1, -0.05) is 17.8 Å². The molecule has 0 saturated heterocycles. The number of amides is 1. The number of thioether (sulfide) groups is 1. The molecule has 0 bridgehead atoms. The molecular weight excluding hydrogens is 490 g/mol. The van der Waals surface area contributed by atoms with E-state index in [1.165, 1.54) is 11.8 Å². The van der Waals surface area contributed by atoms with E-state index in [9.17, 15) is 4.79 Å². The first-order valence-corrected chi connectivity index (χ1v) is 12.8. The van der Waals surface area contributed by atoms with Crippen LogP contribution in [0.4, 0.5) is 5.69 Å². The third-order valence-electron chi connectivity index (χ3n) is 6.24. The summed E-state index contributed by atoms with van der Waals surface area (Å²) in [4.78, 5) is 18.1. The molecule has 192 valence electrons. The third kappa shape index (κ3) is 5.12. The van der Waals surface area contributed by atoms with Gasteiger partial charge < -0.3 is 19.5 Å². The Labute approximate surface area is 219 Å². The number of carbonyl (C=O) groups is 1. The minimum absolute atomic E-state index is 0.156. The SMILES string of the molecule is COc1ccc(-c2nc3c(c4nnc(S[C@@H](C)C(=O)Nc5cccc(OC)c5)n24)COC(C)(C)C3)cc1. The topological polar surface area (TPSA) is 99.9 Å². The van der Waals surface area contributed by atoms with Gasteiger partial charge in [0, 0.05) is 29.3 Å². The van der Waals surface area contributed by atoms with Gasteiger partial charge in [0.15, 0.2) is 10.8 Å². The second-order valence-corrected chi connectivity index (χ2v) is 10.7. The summed E-state index contributed by atoms with van der Waals surface area (Å²) >= 11 is 1.32. The predicted molar refractivity (Wildman–Crippen MR) is 142 cm³/mol. The molecule has 1 N–H and O–H groups in total. The molecule has 4 aromatic rings. The Bertz CT molecular complexity index is 1450. The third-order valence-corrected chi connectivity index (χ3v) is 7.28. The van der Waals surface area contributed by atoms with Crippen LogP contribution >= 0.6 is 11.8 Å². The number of hydrogen-bond acceptors (Lipinski definition) is 8. The lowest BCUT2D eigenvalue weighted by Crippen LogP contribution is -2.33. The van der Waals surface area contributed by atoms with E-state index in [0.29, 0.717) is 41.1 Å². The number of methoxy groups -OCH3 is 2. The van der Waals surface area contributed by atoms with Gasteiger partial charge in [-0.15, -0.1) is 10.2 Å². The van der Waals surface area contributed by atoms with Gasteiger partial charge >= 0.3 is 0 Å². The molecule has 5 rings (SSSR count). The van der Waals surface area contributed by atoms with Crippen molar-refractivity contribution < 1.29 is 19.0 Å². The largest absolute Gasteiger partial charge is 0.497 e. The summed E-state index contributed by atoms with van der Waals surface area (Å²) in [5, 5.41) is 12.1. The van der Waals surface area contributed by atoms with Crippen LogP contribution in [0.1, 0.15) is 32.0 Å². The molecule has 0 saturated carbocycles. The van der Waals surface area contributed by atoms with Gasteiger partial charge in [0.05, 0.1) is 37.4 Å². The predicted octanol–water partition coefficient (Wildman–Crippen LogP) is 4.78. The van der Waals surface area contributed by atoms with E-state index in [1.54, 1.807) is 20.3 Å². The molecule has 0 spiro atoms. The molecule has 2 aromatic carbocycles. The van der Waals surface area contributed by atoms with Gasteiger partial charge in [-0.3, -0.25) is 9.20 Å². The van der Waals surface area contributed by atoms with Crippen LogP contribution in [0.5, 0.6) is 11.5 Å².